The molecule has 4 heteroatoms. The number of nitrogens with two attached hydrogens (primary N) is 1. The highest BCUT2D eigenvalue weighted by Crippen LogP contribution is 2.13. The molecule has 1 heterocycles. The van der Waals surface area contributed by atoms with Crippen LogP contribution < -0.4 is 11.3 Å². The summed E-state index contributed by atoms with van der Waals surface area (Å²) in [6.45, 7) is 1.21. The average Bonchev–Trinajstić information content (AvgIpc) is 1.64. The van der Waals surface area contributed by atoms with E-state index in [1.54, 1.807) is 0 Å². The van der Waals surface area contributed by atoms with E-state index in [4.69, 9.17) is 15.7 Å². The van der Waals surface area contributed by atoms with Crippen molar-refractivity contribution in [3.8, 4) is 0 Å². The monoisotopic (exact) mass is 118 g/mol. The minimum atomic E-state index is -0.686. The van der Waals surface area contributed by atoms with E-state index in [9.17, 15) is 0 Å². The third-order valence-electron chi connectivity index (χ3n) is 1.17. The van der Waals surface area contributed by atoms with Crippen LogP contribution in [0.3, 0.4) is 0 Å². The van der Waals surface area contributed by atoms with Crippen molar-refractivity contribution < 1.29 is 9.84 Å². The number of hydrogen-bond acceptors (Lipinski definition) is 4. The number of aliphatic hydroxyl groups is 1. The molecule has 1 aliphatic heterocycles. The van der Waals surface area contributed by atoms with Crippen molar-refractivity contribution in [2.75, 3.05) is 19.8 Å². The maximum atomic E-state index is 9.14. The van der Waals surface area contributed by atoms with Gasteiger partial charge in [0.25, 0.3) is 0 Å². The first-order valence-electron chi connectivity index (χ1n) is 2.50. The average molecular weight is 118 g/mol. The fraction of sp³-hybridized carbons (Fsp3) is 1.00. The van der Waals surface area contributed by atoms with E-state index in [2.05, 4.69) is 5.43 Å². The highest BCUT2D eigenvalue weighted by molar-refractivity contribution is 4.86. The Morgan fingerprint density at radius 2 is 2.38 bits per heavy atom. The zero-order valence-electron chi connectivity index (χ0n) is 4.55. The van der Waals surface area contributed by atoms with Crippen LogP contribution in [0.1, 0.15) is 0 Å². The summed E-state index contributed by atoms with van der Waals surface area (Å²) >= 11 is 0. The van der Waals surface area contributed by atoms with Crippen LogP contribution >= 0.6 is 0 Å². The van der Waals surface area contributed by atoms with Crippen molar-refractivity contribution in [3.63, 3.8) is 0 Å². The van der Waals surface area contributed by atoms with E-state index in [0.717, 1.165) is 0 Å². The third-order valence-corrected chi connectivity index (χ3v) is 1.17. The second kappa shape index (κ2) is 1.99. The first-order valence-corrected chi connectivity index (χ1v) is 2.50. The standard InChI is InChI=1S/C4H10N2O2/c5-6-1-4(7)2-8-3-4/h6-7H,1-3,5H2. The summed E-state index contributed by atoms with van der Waals surface area (Å²) in [6, 6.07) is 0. The minimum absolute atomic E-state index is 0.400. The van der Waals surface area contributed by atoms with Crippen LogP contribution in [0.4, 0.5) is 0 Å². The van der Waals surface area contributed by atoms with Crippen molar-refractivity contribution in [2.24, 2.45) is 5.84 Å². The molecule has 1 fully saturated rings. The lowest BCUT2D eigenvalue weighted by atomic mass is 10.0. The molecule has 1 aliphatic rings. The molecule has 4 nitrogen and oxygen atoms in total. The summed E-state index contributed by atoms with van der Waals surface area (Å²) in [4.78, 5) is 0. The van der Waals surface area contributed by atoms with Gasteiger partial charge in [0.05, 0.1) is 13.2 Å². The van der Waals surface area contributed by atoms with Gasteiger partial charge in [-0.1, -0.05) is 0 Å². The molecule has 0 spiro atoms. The van der Waals surface area contributed by atoms with E-state index in [1.807, 2.05) is 0 Å². The Balaban J connectivity index is 2.20. The van der Waals surface area contributed by atoms with Crippen molar-refractivity contribution in [3.05, 3.63) is 0 Å². The molecule has 0 aromatic rings. The highest BCUT2D eigenvalue weighted by Gasteiger charge is 2.35. The lowest BCUT2D eigenvalue weighted by Gasteiger charge is -2.35. The van der Waals surface area contributed by atoms with E-state index in [-0.39, 0.29) is 0 Å². The lowest BCUT2D eigenvalue weighted by Crippen LogP contribution is -2.57. The number of hydrogen-bond donors (Lipinski definition) is 3. The fourth-order valence-electron chi connectivity index (χ4n) is 0.630. The Labute approximate surface area is 47.6 Å². The van der Waals surface area contributed by atoms with Gasteiger partial charge in [0.1, 0.15) is 5.60 Å². The molecule has 0 radical (unpaired) electrons. The quantitative estimate of drug-likeness (QED) is 0.296. The molecule has 0 bridgehead atoms. The Kier molecular flexibility index (Phi) is 1.48. The zero-order chi connectivity index (χ0) is 6.04. The molecule has 0 atom stereocenters. The van der Waals surface area contributed by atoms with Crippen LogP contribution in [-0.4, -0.2) is 30.5 Å². The maximum absolute atomic E-state index is 9.14. The van der Waals surface area contributed by atoms with Crippen LogP contribution in [-0.2, 0) is 4.74 Å². The lowest BCUT2D eigenvalue weighted by molar-refractivity contribution is -0.174. The van der Waals surface area contributed by atoms with Gasteiger partial charge in [0, 0.05) is 6.54 Å². The molecule has 1 saturated heterocycles. The first kappa shape index (κ1) is 5.97. The largest absolute Gasteiger partial charge is 0.384 e. The molecule has 0 saturated carbocycles. The molecule has 4 N–H and O–H groups in total. The van der Waals surface area contributed by atoms with E-state index < -0.39 is 5.60 Å². The van der Waals surface area contributed by atoms with Gasteiger partial charge in [0.15, 0.2) is 0 Å². The van der Waals surface area contributed by atoms with Crippen LogP contribution in [0.25, 0.3) is 0 Å². The van der Waals surface area contributed by atoms with Crippen LogP contribution in [0.15, 0.2) is 0 Å². The van der Waals surface area contributed by atoms with Gasteiger partial charge in [-0.3, -0.25) is 11.3 Å². The number of nitrogens with one attached hydrogen (secondary N) is 1. The van der Waals surface area contributed by atoms with Gasteiger partial charge in [-0.25, -0.2) is 0 Å². The van der Waals surface area contributed by atoms with Crippen molar-refractivity contribution in [2.45, 2.75) is 5.60 Å². The summed E-state index contributed by atoms with van der Waals surface area (Å²) in [5.41, 5.74) is 1.69. The molecular formula is C4H10N2O2. The molecule has 8 heavy (non-hydrogen) atoms. The van der Waals surface area contributed by atoms with Crippen LogP contribution in [0.2, 0.25) is 0 Å². The molecule has 1 rings (SSSR count). The Morgan fingerprint density at radius 1 is 1.75 bits per heavy atom. The van der Waals surface area contributed by atoms with Gasteiger partial charge < -0.3 is 9.84 Å². The van der Waals surface area contributed by atoms with Crippen molar-refractivity contribution in [1.29, 1.82) is 0 Å². The summed E-state index contributed by atoms with van der Waals surface area (Å²) < 4.78 is 4.74. The second-order valence-corrected chi connectivity index (χ2v) is 2.10. The Hall–Kier alpha value is -0.160. The molecule has 0 amide bonds. The predicted molar refractivity (Wildman–Crippen MR) is 28.0 cm³/mol. The first-order chi connectivity index (χ1) is 3.77. The van der Waals surface area contributed by atoms with E-state index in [0.29, 0.717) is 19.8 Å². The summed E-state index contributed by atoms with van der Waals surface area (Å²) in [7, 11) is 0. The molecule has 0 unspecified atom stereocenters. The molecular weight excluding hydrogens is 108 g/mol. The molecule has 0 aromatic carbocycles. The minimum Gasteiger partial charge on any atom is -0.384 e. The van der Waals surface area contributed by atoms with E-state index >= 15 is 0 Å². The van der Waals surface area contributed by atoms with Gasteiger partial charge >= 0.3 is 0 Å². The smallest absolute Gasteiger partial charge is 0.125 e. The van der Waals surface area contributed by atoms with Crippen molar-refractivity contribution in [1.82, 2.24) is 5.43 Å². The van der Waals surface area contributed by atoms with Crippen LogP contribution in [0.5, 0.6) is 0 Å². The Morgan fingerprint density at radius 3 is 2.50 bits per heavy atom. The fourth-order valence-corrected chi connectivity index (χ4v) is 0.630. The summed E-state index contributed by atoms with van der Waals surface area (Å²) in [5, 5.41) is 9.14. The zero-order valence-corrected chi connectivity index (χ0v) is 4.55. The van der Waals surface area contributed by atoms with Gasteiger partial charge in [0.2, 0.25) is 0 Å². The predicted octanol–water partition coefficient (Wildman–Crippen LogP) is -1.79. The number of ether oxygens (including phenoxy) is 1. The molecule has 0 aromatic heterocycles. The molecule has 48 valence electrons. The van der Waals surface area contributed by atoms with Crippen LogP contribution in [0, 0.1) is 0 Å². The highest BCUT2D eigenvalue weighted by atomic mass is 16.5. The summed E-state index contributed by atoms with van der Waals surface area (Å²) in [5.74, 6) is 4.96. The van der Waals surface area contributed by atoms with Gasteiger partial charge in [-0.05, 0) is 0 Å². The SMILES string of the molecule is NNCC1(O)COC1. The normalized spacial score (nSPS) is 24.8. The van der Waals surface area contributed by atoms with Gasteiger partial charge in [-0.15, -0.1) is 0 Å². The maximum Gasteiger partial charge on any atom is 0.125 e. The second-order valence-electron chi connectivity index (χ2n) is 2.10. The van der Waals surface area contributed by atoms with Crippen molar-refractivity contribution >= 4 is 0 Å². The Bertz CT molecular complexity index is 82.1. The summed E-state index contributed by atoms with van der Waals surface area (Å²) in [6.07, 6.45) is 0. The number of rotatable bonds is 2. The molecule has 0 aliphatic carbocycles. The number of hydrazine groups is 1. The third kappa shape index (κ3) is 0.976. The van der Waals surface area contributed by atoms with E-state index in [1.165, 1.54) is 0 Å². The van der Waals surface area contributed by atoms with Gasteiger partial charge in [-0.2, -0.15) is 0 Å². The topological polar surface area (TPSA) is 67.5 Å².